The zero-order valence-electron chi connectivity index (χ0n) is 9.41. The highest BCUT2D eigenvalue weighted by Gasteiger charge is 2.59. The average Bonchev–Trinajstić information content (AvgIpc) is 2.52. The molecule has 1 aliphatic heterocycles. The lowest BCUT2D eigenvalue weighted by atomic mass is 10.1. The third kappa shape index (κ3) is 2.54. The summed E-state index contributed by atoms with van der Waals surface area (Å²) in [5.74, 6) is -3.83. The van der Waals surface area contributed by atoms with Crippen LogP contribution < -0.4 is 23.8 Å². The monoisotopic (exact) mass is 298 g/mol. The summed E-state index contributed by atoms with van der Waals surface area (Å²) in [6, 6.07) is 1.15. The van der Waals surface area contributed by atoms with Crippen LogP contribution >= 0.6 is 0 Å². The number of rotatable bonds is 2. The summed E-state index contributed by atoms with van der Waals surface area (Å²) in [6.07, 6.45) is -4.69. The number of hydrogen-bond acceptors (Lipinski definition) is 6. The lowest BCUT2D eigenvalue weighted by Gasteiger charge is -2.20. The van der Waals surface area contributed by atoms with E-state index in [-0.39, 0.29) is 18.2 Å². The molecule has 4 N–H and O–H groups in total. The van der Waals surface area contributed by atoms with Crippen LogP contribution in [0.2, 0.25) is 0 Å². The van der Waals surface area contributed by atoms with E-state index in [4.69, 9.17) is 15.6 Å². The molecule has 1 aliphatic rings. The molecule has 1 aromatic rings. The van der Waals surface area contributed by atoms with Crippen molar-refractivity contribution in [2.45, 2.75) is 24.4 Å². The van der Waals surface area contributed by atoms with Gasteiger partial charge < -0.3 is 33.1 Å². The van der Waals surface area contributed by atoms with E-state index in [0.717, 1.165) is 12.3 Å². The van der Waals surface area contributed by atoms with Gasteiger partial charge in [-0.2, -0.15) is 13.8 Å². The van der Waals surface area contributed by atoms with Crippen LogP contribution in [0.1, 0.15) is 6.23 Å². The van der Waals surface area contributed by atoms with Crippen LogP contribution in [0.3, 0.4) is 0 Å². The normalized spacial score (nSPS) is 28.9. The topological polar surface area (TPSA) is 111 Å². The number of nitrogens with two attached hydrogens (primary N) is 1. The molecule has 10 heteroatoms. The van der Waals surface area contributed by atoms with Crippen LogP contribution in [0.4, 0.5) is 14.6 Å². The van der Waals surface area contributed by atoms with Crippen molar-refractivity contribution >= 4 is 5.82 Å². The number of aliphatic hydroxyl groups excluding tert-OH is 2. The van der Waals surface area contributed by atoms with Crippen molar-refractivity contribution in [2.24, 2.45) is 0 Å². The van der Waals surface area contributed by atoms with E-state index in [1.807, 2.05) is 0 Å². The maximum atomic E-state index is 13.7. The van der Waals surface area contributed by atoms with E-state index in [1.165, 1.54) is 0 Å². The first-order valence-corrected chi connectivity index (χ1v) is 5.04. The smallest absolute Gasteiger partial charge is 0.351 e. The summed E-state index contributed by atoms with van der Waals surface area (Å²) in [5.41, 5.74) is 4.21. The van der Waals surface area contributed by atoms with Crippen LogP contribution in [0, 0.1) is 0 Å². The number of aliphatic hydroxyl groups is 2. The number of hydrogen-bond donors (Lipinski definition) is 3. The summed E-state index contributed by atoms with van der Waals surface area (Å²) in [4.78, 5) is 14.7. The van der Waals surface area contributed by atoms with Crippen molar-refractivity contribution in [3.05, 3.63) is 22.7 Å². The fourth-order valence-corrected chi connectivity index (χ4v) is 1.72. The highest BCUT2D eigenvalue weighted by atomic mass is 35.5. The third-order valence-electron chi connectivity index (χ3n) is 2.66. The van der Waals surface area contributed by atoms with Gasteiger partial charge in [0.15, 0.2) is 6.10 Å². The van der Waals surface area contributed by atoms with Gasteiger partial charge in [0.05, 0.1) is 6.61 Å². The van der Waals surface area contributed by atoms with Crippen LogP contribution in [-0.4, -0.2) is 44.5 Å². The molecule has 1 aromatic heterocycles. The Balaban J connectivity index is 0.00000180. The SMILES string of the molecule is Nc1ccn(C2O[C@H](CO)[C@@H](O)C2(F)F)c(=O)n1.[Cl-]. The average molecular weight is 299 g/mol. The number of nitrogen functional groups attached to an aromatic ring is 1. The number of aromatic nitrogens is 2. The third-order valence-corrected chi connectivity index (χ3v) is 2.66. The van der Waals surface area contributed by atoms with E-state index in [9.17, 15) is 18.7 Å². The summed E-state index contributed by atoms with van der Waals surface area (Å²) in [5, 5.41) is 18.1. The lowest BCUT2D eigenvalue weighted by molar-refractivity contribution is -0.140. The lowest BCUT2D eigenvalue weighted by Crippen LogP contribution is -3.00. The first-order chi connectivity index (χ1) is 8.37. The van der Waals surface area contributed by atoms with Crippen molar-refractivity contribution in [1.29, 1.82) is 0 Å². The molecule has 7 nitrogen and oxygen atoms in total. The van der Waals surface area contributed by atoms with Crippen LogP contribution in [-0.2, 0) is 4.74 Å². The van der Waals surface area contributed by atoms with Crippen molar-refractivity contribution in [3.8, 4) is 0 Å². The summed E-state index contributed by atoms with van der Waals surface area (Å²) >= 11 is 0. The fraction of sp³-hybridized carbons (Fsp3) is 0.556. The molecule has 19 heavy (non-hydrogen) atoms. The number of anilines is 1. The molecule has 0 bridgehead atoms. The largest absolute Gasteiger partial charge is 1.00 e. The Hall–Kier alpha value is -1.29. The highest BCUT2D eigenvalue weighted by molar-refractivity contribution is 5.23. The number of ether oxygens (including phenoxy) is 1. The molecule has 0 spiro atoms. The standard InChI is InChI=1S/C9H11F2N3O4.ClH/c10-9(11)6(16)4(3-15)18-7(9)14-2-1-5(12)13-8(14)17;/h1-2,4,6-7,15-16H,3H2,(H2,12,13,17);1H/p-1/t4-,6-,7?;/m1./s1. The molecule has 0 amide bonds. The molecular weight excluding hydrogens is 288 g/mol. The number of alkyl halides is 2. The Morgan fingerprint density at radius 1 is 1.58 bits per heavy atom. The predicted molar refractivity (Wildman–Crippen MR) is 54.9 cm³/mol. The number of nitrogens with zero attached hydrogens (tertiary/aromatic N) is 2. The van der Waals surface area contributed by atoms with E-state index < -0.39 is 36.7 Å². The molecule has 1 fully saturated rings. The van der Waals surface area contributed by atoms with Gasteiger partial charge in [-0.15, -0.1) is 0 Å². The maximum absolute atomic E-state index is 13.7. The Kier molecular flexibility index (Phi) is 4.46. The van der Waals surface area contributed by atoms with Crippen molar-refractivity contribution in [3.63, 3.8) is 0 Å². The highest BCUT2D eigenvalue weighted by Crippen LogP contribution is 2.41. The summed E-state index contributed by atoms with van der Waals surface area (Å²) in [6.45, 7) is -0.787. The quantitative estimate of drug-likeness (QED) is 0.510. The van der Waals surface area contributed by atoms with Crippen LogP contribution in [0.25, 0.3) is 0 Å². The van der Waals surface area contributed by atoms with E-state index in [2.05, 4.69) is 4.98 Å². The van der Waals surface area contributed by atoms with Crippen molar-refractivity contribution in [1.82, 2.24) is 9.55 Å². The first-order valence-electron chi connectivity index (χ1n) is 5.04. The van der Waals surface area contributed by atoms with Crippen molar-refractivity contribution in [2.75, 3.05) is 12.3 Å². The zero-order chi connectivity index (χ0) is 13.5. The molecule has 108 valence electrons. The first kappa shape index (κ1) is 15.8. The maximum Gasteiger partial charge on any atom is 0.351 e. The zero-order valence-corrected chi connectivity index (χ0v) is 10.2. The Labute approximate surface area is 112 Å². The van der Waals surface area contributed by atoms with Gasteiger partial charge in [-0.05, 0) is 6.07 Å². The molecule has 0 aromatic carbocycles. The van der Waals surface area contributed by atoms with Crippen molar-refractivity contribution < 1.29 is 36.1 Å². The molecule has 3 atom stereocenters. The van der Waals surface area contributed by atoms with E-state index in [1.54, 1.807) is 0 Å². The molecule has 0 radical (unpaired) electrons. The molecule has 1 unspecified atom stereocenters. The van der Waals surface area contributed by atoms with Gasteiger partial charge in [0.25, 0.3) is 0 Å². The van der Waals surface area contributed by atoms with Gasteiger partial charge in [0.1, 0.15) is 11.9 Å². The molecule has 0 aliphatic carbocycles. The minimum Gasteiger partial charge on any atom is -1.00 e. The molecular formula is C9H11ClF2N3O4-. The second-order valence-corrected chi connectivity index (χ2v) is 3.87. The van der Waals surface area contributed by atoms with Gasteiger partial charge in [-0.1, -0.05) is 0 Å². The molecule has 2 heterocycles. The second kappa shape index (κ2) is 5.37. The Morgan fingerprint density at radius 2 is 2.21 bits per heavy atom. The van der Waals surface area contributed by atoms with Gasteiger partial charge >= 0.3 is 11.6 Å². The van der Waals surface area contributed by atoms with Crippen LogP contribution in [0.15, 0.2) is 17.1 Å². The predicted octanol–water partition coefficient (Wildman–Crippen LogP) is -4.28. The number of halogens is 3. The van der Waals surface area contributed by atoms with Gasteiger partial charge in [-0.3, -0.25) is 4.57 Å². The molecule has 1 saturated heterocycles. The van der Waals surface area contributed by atoms with Crippen LogP contribution in [0.5, 0.6) is 0 Å². The van der Waals surface area contributed by atoms with E-state index >= 15 is 0 Å². The summed E-state index contributed by atoms with van der Waals surface area (Å²) in [7, 11) is 0. The summed E-state index contributed by atoms with van der Waals surface area (Å²) < 4.78 is 32.7. The molecule has 2 rings (SSSR count). The molecule has 0 saturated carbocycles. The van der Waals surface area contributed by atoms with Gasteiger partial charge in [-0.25, -0.2) is 4.79 Å². The Bertz CT molecular complexity index is 512. The minimum atomic E-state index is -3.71. The minimum absolute atomic E-state index is 0. The van der Waals surface area contributed by atoms with E-state index in [0.29, 0.717) is 4.57 Å². The fourth-order valence-electron chi connectivity index (χ4n) is 1.72. The Morgan fingerprint density at radius 3 is 2.68 bits per heavy atom. The second-order valence-electron chi connectivity index (χ2n) is 3.87. The van der Waals surface area contributed by atoms with Gasteiger partial charge in [0, 0.05) is 6.20 Å². The van der Waals surface area contributed by atoms with Gasteiger partial charge in [0.2, 0.25) is 6.23 Å².